The van der Waals surface area contributed by atoms with Gasteiger partial charge in [-0.05, 0) is 51.0 Å². The van der Waals surface area contributed by atoms with Crippen LogP contribution in [0.3, 0.4) is 0 Å². The summed E-state index contributed by atoms with van der Waals surface area (Å²) in [6.45, 7) is 4.12. The van der Waals surface area contributed by atoms with Crippen LogP contribution in [0.4, 0.5) is 0 Å². The predicted octanol–water partition coefficient (Wildman–Crippen LogP) is 5.50. The van der Waals surface area contributed by atoms with Crippen LogP contribution in [0.1, 0.15) is 66.7 Å². The van der Waals surface area contributed by atoms with Gasteiger partial charge in [0.25, 0.3) is 5.91 Å². The van der Waals surface area contributed by atoms with E-state index in [1.54, 1.807) is 28.8 Å². The maximum Gasteiger partial charge on any atom is 0.340 e. The third-order valence-corrected chi connectivity index (χ3v) is 7.60. The molecule has 0 radical (unpaired) electrons. The third kappa shape index (κ3) is 3.80. The summed E-state index contributed by atoms with van der Waals surface area (Å²) in [5, 5.41) is 0. The number of ether oxygens (including phenoxy) is 1. The van der Waals surface area contributed by atoms with Gasteiger partial charge in [0.05, 0.1) is 15.2 Å². The number of amides is 1. The summed E-state index contributed by atoms with van der Waals surface area (Å²) < 4.78 is 5.87. The van der Waals surface area contributed by atoms with Crippen molar-refractivity contribution in [2.45, 2.75) is 61.8 Å². The molecule has 1 amide bonds. The number of thioether (sulfide) groups is 1. The number of esters is 1. The highest BCUT2D eigenvalue weighted by Gasteiger charge is 2.60. The second-order valence-electron chi connectivity index (χ2n) is 8.34. The second-order valence-corrected chi connectivity index (χ2v) is 10.4. The lowest BCUT2D eigenvalue weighted by molar-refractivity contribution is -0.0495. The van der Waals surface area contributed by atoms with Crippen molar-refractivity contribution >= 4 is 23.6 Å². The highest BCUT2D eigenvalue weighted by atomic mass is 32.2. The van der Waals surface area contributed by atoms with E-state index >= 15 is 0 Å². The zero-order valence-corrected chi connectivity index (χ0v) is 17.8. The maximum absolute atomic E-state index is 13.5. The summed E-state index contributed by atoms with van der Waals surface area (Å²) in [6, 6.07) is 18.3. The van der Waals surface area contributed by atoms with Gasteiger partial charge >= 0.3 is 5.97 Å². The van der Waals surface area contributed by atoms with Gasteiger partial charge in [-0.2, -0.15) is 0 Å². The van der Waals surface area contributed by atoms with Crippen LogP contribution in [0, 0.1) is 0 Å². The minimum Gasteiger partial charge on any atom is -0.436 e. The molecule has 1 saturated carbocycles. The highest BCUT2D eigenvalue weighted by molar-refractivity contribution is 8.02. The normalized spacial score (nSPS) is 22.4. The van der Waals surface area contributed by atoms with E-state index in [1.165, 1.54) is 6.42 Å². The van der Waals surface area contributed by atoms with Gasteiger partial charge in [-0.3, -0.25) is 9.69 Å². The van der Waals surface area contributed by atoms with E-state index in [4.69, 9.17) is 4.74 Å². The Labute approximate surface area is 176 Å². The lowest BCUT2D eigenvalue weighted by atomic mass is 9.86. The van der Waals surface area contributed by atoms with Crippen molar-refractivity contribution in [2.75, 3.05) is 0 Å². The Balaban J connectivity index is 1.72. The number of hydrogen-bond acceptors (Lipinski definition) is 4. The first-order valence-electron chi connectivity index (χ1n) is 10.3. The first-order valence-corrected chi connectivity index (χ1v) is 11.1. The van der Waals surface area contributed by atoms with E-state index < -0.39 is 11.1 Å². The molecule has 29 heavy (non-hydrogen) atoms. The molecule has 1 unspecified atom stereocenters. The smallest absolute Gasteiger partial charge is 0.340 e. The fourth-order valence-corrected chi connectivity index (χ4v) is 6.61. The Kier molecular flexibility index (Phi) is 5.43. The highest BCUT2D eigenvalue weighted by Crippen LogP contribution is 2.58. The van der Waals surface area contributed by atoms with Crippen LogP contribution >= 0.6 is 11.8 Å². The number of rotatable bonds is 3. The van der Waals surface area contributed by atoms with Crippen LogP contribution in [0.25, 0.3) is 0 Å². The molecule has 1 heterocycles. The first kappa shape index (κ1) is 20.0. The summed E-state index contributed by atoms with van der Waals surface area (Å²) in [7, 11) is 0. The molecular formula is C24H27NO3S. The second kappa shape index (κ2) is 7.86. The van der Waals surface area contributed by atoms with Gasteiger partial charge in [0, 0.05) is 5.56 Å². The van der Waals surface area contributed by atoms with Crippen LogP contribution in [0.5, 0.6) is 0 Å². The number of nitrogens with zero attached hydrogens (tertiary/aromatic N) is 1. The molecule has 4 rings (SSSR count). The van der Waals surface area contributed by atoms with E-state index in [0.717, 1.165) is 25.7 Å². The molecule has 4 nitrogen and oxygen atoms in total. The first-order chi connectivity index (χ1) is 13.9. The Morgan fingerprint density at radius 3 is 2.03 bits per heavy atom. The molecule has 1 saturated heterocycles. The minimum atomic E-state index is -0.580. The summed E-state index contributed by atoms with van der Waals surface area (Å²) in [5.74, 6) is -0.457. The maximum atomic E-state index is 13.5. The van der Waals surface area contributed by atoms with Crippen molar-refractivity contribution in [2.24, 2.45) is 0 Å². The summed E-state index contributed by atoms with van der Waals surface area (Å²) >= 11 is 1.80. The summed E-state index contributed by atoms with van der Waals surface area (Å²) in [4.78, 5) is 27.8. The Morgan fingerprint density at radius 2 is 1.45 bits per heavy atom. The van der Waals surface area contributed by atoms with Crippen molar-refractivity contribution in [1.82, 2.24) is 4.90 Å². The number of carbonyl (C=O) groups excluding carboxylic acids is 2. The predicted molar refractivity (Wildman–Crippen MR) is 116 cm³/mol. The van der Waals surface area contributed by atoms with Crippen molar-refractivity contribution in [3.05, 3.63) is 71.8 Å². The molecule has 0 N–H and O–H groups in total. The molecule has 0 bridgehead atoms. The third-order valence-electron chi connectivity index (χ3n) is 5.89. The van der Waals surface area contributed by atoms with E-state index in [0.29, 0.717) is 11.1 Å². The van der Waals surface area contributed by atoms with Crippen LogP contribution in [-0.4, -0.2) is 32.6 Å². The molecule has 1 spiro atoms. The largest absolute Gasteiger partial charge is 0.436 e. The van der Waals surface area contributed by atoms with Crippen LogP contribution in [0.2, 0.25) is 0 Å². The SMILES string of the molecule is CC1(C)SC2(CCCCC2)C(OC(=O)c2ccccc2)N1C(=O)c1ccccc1. The molecule has 152 valence electrons. The molecule has 5 heteroatoms. The van der Waals surface area contributed by atoms with Gasteiger partial charge in [0.2, 0.25) is 0 Å². The lowest BCUT2D eigenvalue weighted by Crippen LogP contribution is -2.53. The molecule has 1 atom stereocenters. The topological polar surface area (TPSA) is 46.6 Å². The van der Waals surface area contributed by atoms with Gasteiger partial charge in [0.1, 0.15) is 0 Å². The number of hydrogen-bond donors (Lipinski definition) is 0. The standard InChI is InChI=1S/C24H27NO3S/c1-23(2)25(20(26)18-12-6-3-7-13-18)22(24(29-23)16-10-5-11-17-24)28-21(27)19-14-8-4-9-15-19/h3-4,6-9,12-15,22H,5,10-11,16-17H2,1-2H3. The van der Waals surface area contributed by atoms with E-state index in [-0.39, 0.29) is 16.6 Å². The van der Waals surface area contributed by atoms with Crippen molar-refractivity contribution in [1.29, 1.82) is 0 Å². The van der Waals surface area contributed by atoms with Gasteiger partial charge in [-0.1, -0.05) is 55.7 Å². The average molecular weight is 410 g/mol. The summed E-state index contributed by atoms with van der Waals surface area (Å²) in [6.07, 6.45) is 4.70. The molecule has 2 aromatic rings. The molecular weight excluding hydrogens is 382 g/mol. The van der Waals surface area contributed by atoms with Gasteiger partial charge in [-0.15, -0.1) is 11.8 Å². The Bertz CT molecular complexity index is 876. The zero-order valence-electron chi connectivity index (χ0n) is 17.0. The minimum absolute atomic E-state index is 0.0867. The molecule has 2 aliphatic rings. The molecule has 1 aliphatic carbocycles. The lowest BCUT2D eigenvalue weighted by Gasteiger charge is -2.39. The average Bonchev–Trinajstić information content (AvgIpc) is 2.94. The van der Waals surface area contributed by atoms with Crippen molar-refractivity contribution in [3.8, 4) is 0 Å². The zero-order chi connectivity index (χ0) is 20.5. The fraction of sp³-hybridized carbons (Fsp3) is 0.417. The quantitative estimate of drug-likeness (QED) is 0.628. The van der Waals surface area contributed by atoms with Crippen molar-refractivity contribution < 1.29 is 14.3 Å². The van der Waals surface area contributed by atoms with Crippen LogP contribution in [0.15, 0.2) is 60.7 Å². The molecule has 2 fully saturated rings. The number of carbonyl (C=O) groups is 2. The van der Waals surface area contributed by atoms with Gasteiger partial charge < -0.3 is 4.74 Å². The van der Waals surface area contributed by atoms with Gasteiger partial charge in [-0.25, -0.2) is 4.79 Å². The molecule has 1 aliphatic heterocycles. The van der Waals surface area contributed by atoms with E-state index in [2.05, 4.69) is 13.8 Å². The van der Waals surface area contributed by atoms with E-state index in [9.17, 15) is 9.59 Å². The fourth-order valence-electron chi connectivity index (χ4n) is 4.59. The van der Waals surface area contributed by atoms with Crippen LogP contribution < -0.4 is 0 Å². The number of benzene rings is 2. The van der Waals surface area contributed by atoms with E-state index in [1.807, 2.05) is 48.5 Å². The van der Waals surface area contributed by atoms with Crippen LogP contribution in [-0.2, 0) is 4.74 Å². The molecule has 2 aromatic carbocycles. The van der Waals surface area contributed by atoms with Gasteiger partial charge in [0.15, 0.2) is 6.23 Å². The van der Waals surface area contributed by atoms with Crippen molar-refractivity contribution in [3.63, 3.8) is 0 Å². The monoisotopic (exact) mass is 409 g/mol. The molecule has 0 aromatic heterocycles. The summed E-state index contributed by atoms with van der Waals surface area (Å²) in [5.41, 5.74) is 1.13. The Hall–Kier alpha value is -2.27. The Morgan fingerprint density at radius 1 is 0.897 bits per heavy atom.